The number of rotatable bonds is 5. The quantitative estimate of drug-likeness (QED) is 0.724. The van der Waals surface area contributed by atoms with E-state index in [0.717, 1.165) is 52.4 Å². The van der Waals surface area contributed by atoms with Crippen molar-refractivity contribution in [1.29, 1.82) is 0 Å². The first-order valence-electron chi connectivity index (χ1n) is 7.15. The van der Waals surface area contributed by atoms with E-state index in [2.05, 4.69) is 15.5 Å². The second-order valence-electron chi connectivity index (χ2n) is 5.15. The van der Waals surface area contributed by atoms with Gasteiger partial charge in [0.05, 0.1) is 13.2 Å². The van der Waals surface area contributed by atoms with Gasteiger partial charge in [0.1, 0.15) is 0 Å². The van der Waals surface area contributed by atoms with Crippen LogP contribution in [0.25, 0.3) is 0 Å². The number of piperidine rings is 1. The van der Waals surface area contributed by atoms with Gasteiger partial charge in [-0.3, -0.25) is 9.69 Å². The average Bonchev–Trinajstić information content (AvgIpc) is 2.41. The third kappa shape index (κ3) is 4.92. The summed E-state index contributed by atoms with van der Waals surface area (Å²) in [5.74, 6) is 0.183. The first kappa shape index (κ1) is 13.8. The Hall–Kier alpha value is -0.650. The van der Waals surface area contributed by atoms with E-state index in [4.69, 9.17) is 4.74 Å². The van der Waals surface area contributed by atoms with Crippen LogP contribution in [0.1, 0.15) is 25.7 Å². The summed E-state index contributed by atoms with van der Waals surface area (Å²) in [6.45, 7) is 6.37. The highest BCUT2D eigenvalue weighted by atomic mass is 16.5. The van der Waals surface area contributed by atoms with Gasteiger partial charge in [0.2, 0.25) is 5.91 Å². The standard InChI is InChI=1S/C13H25N3O2/c17-13(11-12-3-1-2-4-14-12)15-5-6-16-7-9-18-10-8-16/h12,14H,1-11H2,(H,15,17). The fourth-order valence-corrected chi connectivity index (χ4v) is 2.57. The molecule has 104 valence electrons. The van der Waals surface area contributed by atoms with E-state index in [-0.39, 0.29) is 5.91 Å². The van der Waals surface area contributed by atoms with Crippen LogP contribution in [0.4, 0.5) is 0 Å². The van der Waals surface area contributed by atoms with Crippen LogP contribution in [0.3, 0.4) is 0 Å². The lowest BCUT2D eigenvalue weighted by molar-refractivity contribution is -0.121. The van der Waals surface area contributed by atoms with Gasteiger partial charge in [0.25, 0.3) is 0 Å². The largest absolute Gasteiger partial charge is 0.379 e. The van der Waals surface area contributed by atoms with Gasteiger partial charge in [-0.05, 0) is 19.4 Å². The monoisotopic (exact) mass is 255 g/mol. The molecule has 5 nitrogen and oxygen atoms in total. The summed E-state index contributed by atoms with van der Waals surface area (Å²) >= 11 is 0. The number of nitrogens with one attached hydrogen (secondary N) is 2. The molecule has 0 aromatic heterocycles. The third-order valence-corrected chi connectivity index (χ3v) is 3.70. The van der Waals surface area contributed by atoms with Gasteiger partial charge in [-0.15, -0.1) is 0 Å². The zero-order valence-electron chi connectivity index (χ0n) is 11.1. The first-order chi connectivity index (χ1) is 8.84. The third-order valence-electron chi connectivity index (χ3n) is 3.70. The number of carbonyl (C=O) groups is 1. The maximum absolute atomic E-state index is 11.8. The van der Waals surface area contributed by atoms with Crippen LogP contribution in [0.15, 0.2) is 0 Å². The molecular weight excluding hydrogens is 230 g/mol. The second kappa shape index (κ2) is 7.71. The van der Waals surface area contributed by atoms with Crippen molar-refractivity contribution in [3.05, 3.63) is 0 Å². The highest BCUT2D eigenvalue weighted by Gasteiger charge is 2.16. The molecule has 0 saturated carbocycles. The van der Waals surface area contributed by atoms with E-state index in [0.29, 0.717) is 12.5 Å². The minimum absolute atomic E-state index is 0.183. The summed E-state index contributed by atoms with van der Waals surface area (Å²) < 4.78 is 5.29. The zero-order valence-corrected chi connectivity index (χ0v) is 11.1. The Morgan fingerprint density at radius 1 is 1.33 bits per heavy atom. The summed E-state index contributed by atoms with van der Waals surface area (Å²) in [7, 11) is 0. The molecule has 1 unspecified atom stereocenters. The van der Waals surface area contributed by atoms with Crippen LogP contribution in [0.5, 0.6) is 0 Å². The summed E-state index contributed by atoms with van der Waals surface area (Å²) in [4.78, 5) is 14.1. The lowest BCUT2D eigenvalue weighted by Gasteiger charge is -2.27. The minimum Gasteiger partial charge on any atom is -0.379 e. The molecule has 1 atom stereocenters. The van der Waals surface area contributed by atoms with Crippen LogP contribution in [-0.2, 0) is 9.53 Å². The normalized spacial score (nSPS) is 25.9. The van der Waals surface area contributed by atoms with Gasteiger partial charge >= 0.3 is 0 Å². The fourth-order valence-electron chi connectivity index (χ4n) is 2.57. The van der Waals surface area contributed by atoms with Crippen molar-refractivity contribution in [3.8, 4) is 0 Å². The Bertz CT molecular complexity index is 249. The predicted octanol–water partition coefficient (Wildman–Crippen LogP) is -0.0330. The van der Waals surface area contributed by atoms with Crippen molar-refractivity contribution in [2.75, 3.05) is 45.9 Å². The maximum Gasteiger partial charge on any atom is 0.221 e. The molecule has 0 radical (unpaired) electrons. The van der Waals surface area contributed by atoms with Gasteiger partial charge in [-0.2, -0.15) is 0 Å². The first-order valence-corrected chi connectivity index (χ1v) is 7.15. The van der Waals surface area contributed by atoms with Crippen LogP contribution in [0, 0.1) is 0 Å². The van der Waals surface area contributed by atoms with Crippen LogP contribution in [0.2, 0.25) is 0 Å². The summed E-state index contributed by atoms with van der Waals surface area (Å²) in [6.07, 6.45) is 4.26. The molecule has 2 heterocycles. The molecule has 18 heavy (non-hydrogen) atoms. The molecule has 2 aliphatic heterocycles. The Morgan fingerprint density at radius 2 is 2.17 bits per heavy atom. The predicted molar refractivity (Wildman–Crippen MR) is 70.5 cm³/mol. The Kier molecular flexibility index (Phi) is 5.90. The summed E-state index contributed by atoms with van der Waals surface area (Å²) in [6, 6.07) is 0.391. The molecule has 2 saturated heterocycles. The average molecular weight is 255 g/mol. The number of hydrogen-bond acceptors (Lipinski definition) is 4. The number of amides is 1. The summed E-state index contributed by atoms with van der Waals surface area (Å²) in [5.41, 5.74) is 0. The lowest BCUT2D eigenvalue weighted by atomic mass is 10.0. The van der Waals surface area contributed by atoms with Gasteiger partial charge in [0.15, 0.2) is 0 Å². The Balaban J connectivity index is 1.53. The molecule has 2 rings (SSSR count). The number of ether oxygens (including phenoxy) is 1. The lowest BCUT2D eigenvalue weighted by Crippen LogP contribution is -2.43. The van der Waals surface area contributed by atoms with Crippen molar-refractivity contribution >= 4 is 5.91 Å². The van der Waals surface area contributed by atoms with Gasteiger partial charge in [-0.1, -0.05) is 6.42 Å². The van der Waals surface area contributed by atoms with Crippen LogP contribution in [-0.4, -0.2) is 62.8 Å². The van der Waals surface area contributed by atoms with E-state index in [1.807, 2.05) is 0 Å². The number of morpholine rings is 1. The van der Waals surface area contributed by atoms with E-state index in [9.17, 15) is 4.79 Å². The topological polar surface area (TPSA) is 53.6 Å². The van der Waals surface area contributed by atoms with Crippen LogP contribution >= 0.6 is 0 Å². The van der Waals surface area contributed by atoms with Gasteiger partial charge in [-0.25, -0.2) is 0 Å². The van der Waals surface area contributed by atoms with Crippen LogP contribution < -0.4 is 10.6 Å². The fraction of sp³-hybridized carbons (Fsp3) is 0.923. The van der Waals surface area contributed by atoms with E-state index in [1.54, 1.807) is 0 Å². The van der Waals surface area contributed by atoms with Crippen molar-refractivity contribution in [2.24, 2.45) is 0 Å². The van der Waals surface area contributed by atoms with Crippen molar-refractivity contribution in [2.45, 2.75) is 31.7 Å². The van der Waals surface area contributed by atoms with Gasteiger partial charge in [0, 0.05) is 38.6 Å². The molecular formula is C13H25N3O2. The maximum atomic E-state index is 11.8. The minimum atomic E-state index is 0.183. The molecule has 2 N–H and O–H groups in total. The Morgan fingerprint density at radius 3 is 2.89 bits per heavy atom. The Labute approximate surface area is 109 Å². The molecule has 5 heteroatoms. The molecule has 0 aliphatic carbocycles. The van der Waals surface area contributed by atoms with E-state index < -0.39 is 0 Å². The van der Waals surface area contributed by atoms with E-state index in [1.165, 1.54) is 12.8 Å². The number of carbonyl (C=O) groups excluding carboxylic acids is 1. The molecule has 0 aromatic rings. The van der Waals surface area contributed by atoms with E-state index >= 15 is 0 Å². The molecule has 1 amide bonds. The number of hydrogen-bond donors (Lipinski definition) is 2. The van der Waals surface area contributed by atoms with Crippen molar-refractivity contribution < 1.29 is 9.53 Å². The second-order valence-corrected chi connectivity index (χ2v) is 5.15. The molecule has 0 aromatic carbocycles. The highest BCUT2D eigenvalue weighted by Crippen LogP contribution is 2.09. The van der Waals surface area contributed by atoms with Gasteiger partial charge < -0.3 is 15.4 Å². The molecule has 0 bridgehead atoms. The van der Waals surface area contributed by atoms with Crippen molar-refractivity contribution in [3.63, 3.8) is 0 Å². The molecule has 0 spiro atoms. The smallest absolute Gasteiger partial charge is 0.221 e. The summed E-state index contributed by atoms with van der Waals surface area (Å²) in [5, 5.41) is 6.42. The number of nitrogens with zero attached hydrogens (tertiary/aromatic N) is 1. The highest BCUT2D eigenvalue weighted by molar-refractivity contribution is 5.76. The van der Waals surface area contributed by atoms with Crippen molar-refractivity contribution in [1.82, 2.24) is 15.5 Å². The zero-order chi connectivity index (χ0) is 12.6. The molecule has 2 fully saturated rings. The molecule has 2 aliphatic rings. The SMILES string of the molecule is O=C(CC1CCCCN1)NCCN1CCOCC1.